The zero-order valence-electron chi connectivity index (χ0n) is 16.7. The summed E-state index contributed by atoms with van der Waals surface area (Å²) in [7, 11) is 0. The third kappa shape index (κ3) is 2.84. The van der Waals surface area contributed by atoms with Crippen molar-refractivity contribution in [2.24, 2.45) is 9.98 Å². The lowest BCUT2D eigenvalue weighted by molar-refractivity contribution is 0.564. The summed E-state index contributed by atoms with van der Waals surface area (Å²) in [4.78, 5) is 29.5. The second-order valence-electron chi connectivity index (χ2n) is 6.85. The van der Waals surface area contributed by atoms with Crippen molar-refractivity contribution in [3.8, 4) is 11.1 Å². The van der Waals surface area contributed by atoms with Gasteiger partial charge in [-0.2, -0.15) is 9.98 Å². The second-order valence-corrected chi connectivity index (χ2v) is 6.85. The molecule has 0 aliphatic rings. The van der Waals surface area contributed by atoms with Crippen molar-refractivity contribution in [3.63, 3.8) is 0 Å². The number of benzene rings is 2. The van der Waals surface area contributed by atoms with Gasteiger partial charge < -0.3 is 0 Å². The molecule has 0 N–H and O–H groups in total. The molecule has 0 unspecified atom stereocenters. The topological polar surface area (TPSA) is 58.9 Å². The van der Waals surface area contributed by atoms with Gasteiger partial charge in [-0.25, -0.2) is 9.59 Å². The van der Waals surface area contributed by atoms with Crippen LogP contribution in [-0.2, 0) is 9.59 Å². The van der Waals surface area contributed by atoms with E-state index < -0.39 is 0 Å². The molecule has 0 fully saturated rings. The second kappa shape index (κ2) is 7.21. The first-order valence-corrected chi connectivity index (χ1v) is 8.55. The van der Waals surface area contributed by atoms with Crippen LogP contribution in [0.5, 0.6) is 0 Å². The van der Waals surface area contributed by atoms with Gasteiger partial charge in [0, 0.05) is 0 Å². The highest BCUT2D eigenvalue weighted by Gasteiger charge is 2.22. The molecule has 0 saturated carbocycles. The fraction of sp³-hybridized carbons (Fsp3) is 0.364. The zero-order chi connectivity index (χ0) is 19.8. The van der Waals surface area contributed by atoms with Crippen LogP contribution in [0.25, 0.3) is 11.1 Å². The molecule has 0 heterocycles. The molecular formula is C22H24N2O2. The maximum atomic E-state index is 10.8. The standard InChI is InChI=1S/C22H24N2O2/c1-11-15(5)21(23-9-25)16(6)12(2)19(11)20-13(3)17(7)22(24-10-26)18(8)14(20)4/h1-8H3. The van der Waals surface area contributed by atoms with Gasteiger partial charge in [-0.05, 0) is 111 Å². The highest BCUT2D eigenvalue weighted by molar-refractivity contribution is 5.85. The normalized spacial score (nSPS) is 10.3. The van der Waals surface area contributed by atoms with E-state index in [1.807, 2.05) is 27.7 Å². The number of rotatable bonds is 3. The van der Waals surface area contributed by atoms with Crippen LogP contribution in [0, 0.1) is 55.4 Å². The summed E-state index contributed by atoms with van der Waals surface area (Å²) in [6.45, 7) is 16.2. The quantitative estimate of drug-likeness (QED) is 0.523. The molecule has 0 radical (unpaired) electrons. The van der Waals surface area contributed by atoms with Crippen LogP contribution in [0.15, 0.2) is 9.98 Å². The van der Waals surface area contributed by atoms with E-state index in [1.54, 1.807) is 12.2 Å². The first kappa shape index (κ1) is 19.5. The van der Waals surface area contributed by atoms with Crippen LogP contribution in [0.4, 0.5) is 11.4 Å². The van der Waals surface area contributed by atoms with Crippen LogP contribution in [0.2, 0.25) is 0 Å². The minimum Gasteiger partial charge on any atom is -0.211 e. The molecule has 2 aromatic carbocycles. The maximum absolute atomic E-state index is 10.8. The lowest BCUT2D eigenvalue weighted by atomic mass is 9.81. The highest BCUT2D eigenvalue weighted by atomic mass is 16.1. The van der Waals surface area contributed by atoms with Crippen molar-refractivity contribution in [2.45, 2.75) is 55.4 Å². The molecule has 0 bridgehead atoms. The average Bonchev–Trinajstić information content (AvgIpc) is 2.62. The summed E-state index contributed by atoms with van der Waals surface area (Å²) >= 11 is 0. The summed E-state index contributed by atoms with van der Waals surface area (Å²) in [6, 6.07) is 0. The van der Waals surface area contributed by atoms with E-state index in [0.717, 1.165) is 55.6 Å². The zero-order valence-corrected chi connectivity index (χ0v) is 16.7. The van der Waals surface area contributed by atoms with Crippen LogP contribution in [-0.4, -0.2) is 12.2 Å². The summed E-state index contributed by atoms with van der Waals surface area (Å²) in [6.07, 6.45) is 3.34. The summed E-state index contributed by atoms with van der Waals surface area (Å²) in [5, 5.41) is 0. The fourth-order valence-corrected chi connectivity index (χ4v) is 3.76. The maximum Gasteiger partial charge on any atom is 0.240 e. The first-order chi connectivity index (χ1) is 12.2. The van der Waals surface area contributed by atoms with Gasteiger partial charge in [-0.1, -0.05) is 0 Å². The molecule has 2 aromatic rings. The monoisotopic (exact) mass is 348 g/mol. The molecule has 0 amide bonds. The van der Waals surface area contributed by atoms with Gasteiger partial charge in [0.1, 0.15) is 0 Å². The van der Waals surface area contributed by atoms with Gasteiger partial charge in [-0.3, -0.25) is 0 Å². The summed E-state index contributed by atoms with van der Waals surface area (Å²) in [5.74, 6) is 0. The average molecular weight is 348 g/mol. The Hall–Kier alpha value is -2.80. The number of hydrogen-bond donors (Lipinski definition) is 0. The lowest BCUT2D eigenvalue weighted by Gasteiger charge is -2.24. The van der Waals surface area contributed by atoms with Gasteiger partial charge in [0.05, 0.1) is 11.4 Å². The van der Waals surface area contributed by atoms with E-state index in [-0.39, 0.29) is 0 Å². The van der Waals surface area contributed by atoms with Crippen LogP contribution < -0.4 is 0 Å². The van der Waals surface area contributed by atoms with Crippen molar-refractivity contribution in [3.05, 3.63) is 44.5 Å². The Labute approximate surface area is 154 Å². The van der Waals surface area contributed by atoms with Crippen LogP contribution >= 0.6 is 0 Å². The summed E-state index contributed by atoms with van der Waals surface area (Å²) < 4.78 is 0. The van der Waals surface area contributed by atoms with E-state index in [1.165, 1.54) is 0 Å². The highest BCUT2D eigenvalue weighted by Crippen LogP contribution is 2.44. The molecule has 0 saturated heterocycles. The van der Waals surface area contributed by atoms with E-state index in [2.05, 4.69) is 37.7 Å². The number of hydrogen-bond acceptors (Lipinski definition) is 4. The number of nitrogens with zero attached hydrogens (tertiary/aromatic N) is 2. The minimum absolute atomic E-state index is 0.699. The Morgan fingerprint density at radius 1 is 0.462 bits per heavy atom. The predicted molar refractivity (Wildman–Crippen MR) is 105 cm³/mol. The molecule has 0 aliphatic carbocycles. The van der Waals surface area contributed by atoms with Gasteiger partial charge >= 0.3 is 0 Å². The fourth-order valence-electron chi connectivity index (χ4n) is 3.76. The predicted octanol–water partition coefficient (Wildman–Crippen LogP) is 5.76. The van der Waals surface area contributed by atoms with Crippen molar-refractivity contribution < 1.29 is 9.59 Å². The number of isocyanates is 2. The van der Waals surface area contributed by atoms with E-state index in [4.69, 9.17) is 0 Å². The number of aliphatic imine (C=N–C) groups is 2. The van der Waals surface area contributed by atoms with Gasteiger partial charge in [0.15, 0.2) is 0 Å². The molecule has 26 heavy (non-hydrogen) atoms. The lowest BCUT2D eigenvalue weighted by Crippen LogP contribution is -2.03. The Bertz CT molecular complexity index is 878. The molecule has 134 valence electrons. The first-order valence-electron chi connectivity index (χ1n) is 8.55. The molecule has 4 nitrogen and oxygen atoms in total. The van der Waals surface area contributed by atoms with Crippen LogP contribution in [0.1, 0.15) is 44.5 Å². The van der Waals surface area contributed by atoms with Crippen molar-refractivity contribution >= 4 is 23.5 Å². The third-order valence-electron chi connectivity index (χ3n) is 5.74. The third-order valence-corrected chi connectivity index (χ3v) is 5.74. The Kier molecular flexibility index (Phi) is 5.41. The van der Waals surface area contributed by atoms with E-state index in [9.17, 15) is 9.59 Å². The molecule has 4 heteroatoms. The van der Waals surface area contributed by atoms with Crippen LogP contribution in [0.3, 0.4) is 0 Å². The largest absolute Gasteiger partial charge is 0.240 e. The molecule has 0 atom stereocenters. The molecule has 0 aliphatic heterocycles. The van der Waals surface area contributed by atoms with Crippen molar-refractivity contribution in [1.82, 2.24) is 0 Å². The molecule has 2 rings (SSSR count). The van der Waals surface area contributed by atoms with Crippen molar-refractivity contribution in [1.29, 1.82) is 0 Å². The molecule has 0 spiro atoms. The van der Waals surface area contributed by atoms with Gasteiger partial charge in [0.2, 0.25) is 12.2 Å². The number of carbonyl (C=O) groups excluding carboxylic acids is 2. The summed E-state index contributed by atoms with van der Waals surface area (Å²) in [5.41, 5.74) is 12.0. The molecule has 0 aromatic heterocycles. The van der Waals surface area contributed by atoms with Gasteiger partial charge in [-0.15, -0.1) is 0 Å². The van der Waals surface area contributed by atoms with Crippen molar-refractivity contribution in [2.75, 3.05) is 0 Å². The smallest absolute Gasteiger partial charge is 0.211 e. The Morgan fingerprint density at radius 2 is 0.692 bits per heavy atom. The Balaban J connectivity index is 3.04. The van der Waals surface area contributed by atoms with E-state index in [0.29, 0.717) is 11.4 Å². The van der Waals surface area contributed by atoms with E-state index >= 15 is 0 Å². The Morgan fingerprint density at radius 3 is 0.885 bits per heavy atom. The minimum atomic E-state index is 0.699. The van der Waals surface area contributed by atoms with Gasteiger partial charge in [0.25, 0.3) is 0 Å². The SMILES string of the molecule is Cc1c(C)c(-c2c(C)c(C)c(N=C=O)c(C)c2C)c(C)c(C)c1N=C=O. The molecular weight excluding hydrogens is 324 g/mol.